The Labute approximate surface area is 136 Å². The molecule has 0 bridgehead atoms. The van der Waals surface area contributed by atoms with Crippen LogP contribution in [0.3, 0.4) is 0 Å². The number of hydrogen-bond donors (Lipinski definition) is 1. The molecule has 0 spiro atoms. The molecular weight excluding hydrogens is 291 g/mol. The molecule has 1 heterocycles. The summed E-state index contributed by atoms with van der Waals surface area (Å²) in [5.74, 6) is 2.43. The van der Waals surface area contributed by atoms with Crippen LogP contribution in [0.15, 0.2) is 30.5 Å². The molecule has 1 aromatic heterocycles. The topological polar surface area (TPSA) is 42.0 Å². The first kappa shape index (κ1) is 17.0. The van der Waals surface area contributed by atoms with E-state index < -0.39 is 5.41 Å². The second kappa shape index (κ2) is 6.78. The zero-order valence-corrected chi connectivity index (χ0v) is 13.7. The molecule has 0 saturated heterocycles. The first-order valence-electron chi connectivity index (χ1n) is 7.65. The van der Waals surface area contributed by atoms with Crippen LogP contribution < -0.4 is 5.32 Å². The Morgan fingerprint density at radius 3 is 2.87 bits per heavy atom. The number of anilines is 1. The van der Waals surface area contributed by atoms with Gasteiger partial charge in [0.25, 0.3) is 0 Å². The molecule has 1 unspecified atom stereocenters. The highest BCUT2D eigenvalue weighted by molar-refractivity contribution is 5.96. The average Bonchev–Trinajstić information content (AvgIpc) is 2.46. The van der Waals surface area contributed by atoms with Crippen LogP contribution in [0.25, 0.3) is 10.9 Å². The highest BCUT2D eigenvalue weighted by atomic mass is 19.1. The average molecular weight is 312 g/mol. The number of nitrogens with zero attached hydrogens (tertiary/aromatic N) is 1. The summed E-state index contributed by atoms with van der Waals surface area (Å²) in [4.78, 5) is 16.7. The SMILES string of the molecule is C#CCC(C)(CC(C)C)C(=O)Nc1cnc2c(F)cccc2c1. The summed E-state index contributed by atoms with van der Waals surface area (Å²) >= 11 is 0. The lowest BCUT2D eigenvalue weighted by atomic mass is 9.78. The molecule has 23 heavy (non-hydrogen) atoms. The standard InChI is InChI=1S/C19H21FN2O/c1-5-9-19(4,11-13(2)3)18(23)22-15-10-14-7-6-8-16(20)17(14)21-12-15/h1,6-8,10,12-13H,9,11H2,2-4H3,(H,22,23). The van der Waals surface area contributed by atoms with Crippen molar-refractivity contribution in [3.8, 4) is 12.3 Å². The summed E-state index contributed by atoms with van der Waals surface area (Å²) in [5.41, 5.74) is 0.193. The van der Waals surface area contributed by atoms with Crippen LogP contribution >= 0.6 is 0 Å². The number of benzene rings is 1. The largest absolute Gasteiger partial charge is 0.324 e. The lowest BCUT2D eigenvalue weighted by Gasteiger charge is -2.28. The van der Waals surface area contributed by atoms with Crippen molar-refractivity contribution in [2.45, 2.75) is 33.6 Å². The van der Waals surface area contributed by atoms with Crippen molar-refractivity contribution in [2.24, 2.45) is 11.3 Å². The minimum atomic E-state index is -0.639. The number of amides is 1. The molecule has 0 aliphatic heterocycles. The smallest absolute Gasteiger partial charge is 0.231 e. The van der Waals surface area contributed by atoms with E-state index in [9.17, 15) is 9.18 Å². The third-order valence-corrected chi connectivity index (χ3v) is 3.82. The summed E-state index contributed by atoms with van der Waals surface area (Å²) in [7, 11) is 0. The van der Waals surface area contributed by atoms with E-state index in [0.29, 0.717) is 35.3 Å². The molecule has 120 valence electrons. The highest BCUT2D eigenvalue weighted by Crippen LogP contribution is 2.31. The van der Waals surface area contributed by atoms with Gasteiger partial charge in [-0.2, -0.15) is 0 Å². The maximum atomic E-state index is 13.6. The number of aromatic nitrogens is 1. The van der Waals surface area contributed by atoms with Crippen LogP contribution in [0, 0.1) is 29.5 Å². The number of terminal acetylenes is 1. The Kier molecular flexibility index (Phi) is 5.00. The second-order valence-corrected chi connectivity index (χ2v) is 6.53. The van der Waals surface area contributed by atoms with Crippen molar-refractivity contribution in [1.29, 1.82) is 0 Å². The number of carbonyl (C=O) groups is 1. The fraction of sp³-hybridized carbons (Fsp3) is 0.368. The molecule has 0 aliphatic rings. The number of fused-ring (bicyclic) bond motifs is 1. The normalized spacial score (nSPS) is 13.6. The number of halogens is 1. The predicted molar refractivity (Wildman–Crippen MR) is 91.3 cm³/mol. The maximum absolute atomic E-state index is 13.6. The van der Waals surface area contributed by atoms with Crippen LogP contribution in [-0.2, 0) is 4.79 Å². The van der Waals surface area contributed by atoms with Gasteiger partial charge in [-0.05, 0) is 31.4 Å². The van der Waals surface area contributed by atoms with Crippen molar-refractivity contribution in [1.82, 2.24) is 4.98 Å². The summed E-state index contributed by atoms with van der Waals surface area (Å²) in [6, 6.07) is 6.46. The molecular formula is C19H21FN2O. The molecule has 1 aromatic carbocycles. The number of pyridine rings is 1. The molecule has 0 saturated carbocycles. The van der Waals surface area contributed by atoms with Gasteiger partial charge in [0.05, 0.1) is 17.3 Å². The Morgan fingerprint density at radius 1 is 1.48 bits per heavy atom. The second-order valence-electron chi connectivity index (χ2n) is 6.53. The van der Waals surface area contributed by atoms with Crippen molar-refractivity contribution in [3.63, 3.8) is 0 Å². The Bertz CT molecular complexity index is 764. The molecule has 1 amide bonds. The van der Waals surface area contributed by atoms with Crippen molar-refractivity contribution >= 4 is 22.5 Å². The third kappa shape index (κ3) is 3.87. The number of para-hydroxylation sites is 1. The van der Waals surface area contributed by atoms with Gasteiger partial charge in [-0.25, -0.2) is 4.39 Å². The van der Waals surface area contributed by atoms with Gasteiger partial charge in [0, 0.05) is 11.8 Å². The third-order valence-electron chi connectivity index (χ3n) is 3.82. The van der Waals surface area contributed by atoms with E-state index in [4.69, 9.17) is 6.42 Å². The van der Waals surface area contributed by atoms with Crippen LogP contribution in [0.5, 0.6) is 0 Å². The molecule has 0 radical (unpaired) electrons. The van der Waals surface area contributed by atoms with Crippen LogP contribution in [0.4, 0.5) is 10.1 Å². The van der Waals surface area contributed by atoms with E-state index in [1.807, 2.05) is 6.92 Å². The molecule has 3 nitrogen and oxygen atoms in total. The van der Waals surface area contributed by atoms with Gasteiger partial charge in [0.1, 0.15) is 11.3 Å². The molecule has 2 rings (SSSR count). The fourth-order valence-corrected chi connectivity index (χ4v) is 2.85. The van der Waals surface area contributed by atoms with Gasteiger partial charge in [-0.15, -0.1) is 12.3 Å². The molecule has 4 heteroatoms. The minimum absolute atomic E-state index is 0.137. The van der Waals surface area contributed by atoms with E-state index in [1.54, 1.807) is 18.2 Å². The molecule has 2 aromatic rings. The van der Waals surface area contributed by atoms with E-state index in [-0.39, 0.29) is 11.7 Å². The van der Waals surface area contributed by atoms with Gasteiger partial charge >= 0.3 is 0 Å². The van der Waals surface area contributed by atoms with Gasteiger partial charge in [0.15, 0.2) is 0 Å². The molecule has 0 fully saturated rings. The van der Waals surface area contributed by atoms with Crippen LogP contribution in [0.2, 0.25) is 0 Å². The Hall–Kier alpha value is -2.41. The lowest BCUT2D eigenvalue weighted by molar-refractivity contribution is -0.125. The zero-order chi connectivity index (χ0) is 17.0. The van der Waals surface area contributed by atoms with Gasteiger partial charge in [-0.1, -0.05) is 26.0 Å². The summed E-state index contributed by atoms with van der Waals surface area (Å²) in [5, 5.41) is 3.51. The summed E-state index contributed by atoms with van der Waals surface area (Å²) in [6.45, 7) is 5.99. The lowest BCUT2D eigenvalue weighted by Crippen LogP contribution is -2.34. The number of hydrogen-bond acceptors (Lipinski definition) is 2. The van der Waals surface area contributed by atoms with Crippen molar-refractivity contribution in [2.75, 3.05) is 5.32 Å². The quantitative estimate of drug-likeness (QED) is 0.832. The van der Waals surface area contributed by atoms with E-state index in [2.05, 4.69) is 30.1 Å². The van der Waals surface area contributed by atoms with Gasteiger partial charge in [-0.3, -0.25) is 9.78 Å². The first-order valence-corrected chi connectivity index (χ1v) is 7.65. The summed E-state index contributed by atoms with van der Waals surface area (Å²) in [6.07, 6.45) is 7.96. The van der Waals surface area contributed by atoms with E-state index in [1.165, 1.54) is 12.3 Å². The van der Waals surface area contributed by atoms with Crippen LogP contribution in [0.1, 0.15) is 33.6 Å². The number of nitrogens with one attached hydrogen (secondary N) is 1. The van der Waals surface area contributed by atoms with E-state index in [0.717, 1.165) is 0 Å². The Morgan fingerprint density at radius 2 is 2.22 bits per heavy atom. The highest BCUT2D eigenvalue weighted by Gasteiger charge is 2.33. The maximum Gasteiger partial charge on any atom is 0.231 e. The van der Waals surface area contributed by atoms with Gasteiger partial charge in [0.2, 0.25) is 5.91 Å². The predicted octanol–water partition coefficient (Wildman–Crippen LogP) is 4.39. The van der Waals surface area contributed by atoms with Crippen molar-refractivity contribution < 1.29 is 9.18 Å². The minimum Gasteiger partial charge on any atom is -0.324 e. The number of carbonyl (C=O) groups excluding carboxylic acids is 1. The summed E-state index contributed by atoms with van der Waals surface area (Å²) < 4.78 is 13.6. The van der Waals surface area contributed by atoms with Crippen molar-refractivity contribution in [3.05, 3.63) is 36.3 Å². The molecule has 1 atom stereocenters. The van der Waals surface area contributed by atoms with Gasteiger partial charge < -0.3 is 5.32 Å². The molecule has 0 aliphatic carbocycles. The number of rotatable bonds is 5. The molecule has 1 N–H and O–H groups in total. The monoisotopic (exact) mass is 312 g/mol. The first-order chi connectivity index (χ1) is 10.9. The van der Waals surface area contributed by atoms with E-state index >= 15 is 0 Å². The fourth-order valence-electron chi connectivity index (χ4n) is 2.85. The Balaban J connectivity index is 2.26. The van der Waals surface area contributed by atoms with Crippen LogP contribution in [-0.4, -0.2) is 10.9 Å². The zero-order valence-electron chi connectivity index (χ0n) is 13.7.